The van der Waals surface area contributed by atoms with Gasteiger partial charge in [0.05, 0.1) is 12.3 Å². The molecular weight excluding hydrogens is 234 g/mol. The van der Waals surface area contributed by atoms with Crippen molar-refractivity contribution in [3.8, 4) is 0 Å². The van der Waals surface area contributed by atoms with E-state index in [0.29, 0.717) is 31.8 Å². The Morgan fingerprint density at radius 3 is 2.56 bits per heavy atom. The zero-order valence-electron chi connectivity index (χ0n) is 11.0. The van der Waals surface area contributed by atoms with Crippen molar-refractivity contribution >= 4 is 11.8 Å². The van der Waals surface area contributed by atoms with Crippen molar-refractivity contribution in [2.75, 3.05) is 25.6 Å². The van der Waals surface area contributed by atoms with Crippen molar-refractivity contribution < 1.29 is 14.6 Å². The summed E-state index contributed by atoms with van der Waals surface area (Å²) in [7, 11) is 1.59. The van der Waals surface area contributed by atoms with Crippen molar-refractivity contribution in [1.29, 1.82) is 0 Å². The van der Waals surface area contributed by atoms with Gasteiger partial charge in [-0.15, -0.1) is 5.10 Å². The fourth-order valence-electron chi connectivity index (χ4n) is 1.80. The van der Waals surface area contributed by atoms with Crippen molar-refractivity contribution in [1.82, 2.24) is 10.2 Å². The van der Waals surface area contributed by atoms with Gasteiger partial charge in [0.1, 0.15) is 5.56 Å². The molecular formula is C12H19N3O3. The van der Waals surface area contributed by atoms with E-state index in [-0.39, 0.29) is 5.56 Å². The molecule has 18 heavy (non-hydrogen) atoms. The average molecular weight is 253 g/mol. The molecule has 0 amide bonds. The van der Waals surface area contributed by atoms with E-state index in [1.165, 1.54) is 0 Å². The molecule has 1 aromatic heterocycles. The largest absolute Gasteiger partial charge is 0.478 e. The Bertz CT molecular complexity index is 421. The maximum atomic E-state index is 11.4. The molecule has 0 unspecified atom stereocenters. The third-order valence-electron chi connectivity index (χ3n) is 2.66. The lowest BCUT2D eigenvalue weighted by atomic mass is 10.0. The van der Waals surface area contributed by atoms with Crippen LogP contribution in [0.25, 0.3) is 0 Å². The predicted octanol–water partition coefficient (Wildman–Crippen LogP) is 1.36. The lowest BCUT2D eigenvalue weighted by Gasteiger charge is -2.13. The molecule has 0 saturated carbocycles. The van der Waals surface area contributed by atoms with E-state index in [1.54, 1.807) is 7.11 Å². The molecule has 1 heterocycles. The summed E-state index contributed by atoms with van der Waals surface area (Å²) >= 11 is 0. The summed E-state index contributed by atoms with van der Waals surface area (Å²) in [6.07, 6.45) is 1.30. The van der Waals surface area contributed by atoms with Crippen LogP contribution in [0, 0.1) is 0 Å². The Morgan fingerprint density at radius 2 is 2.06 bits per heavy atom. The number of carboxylic acid groups (broad SMARTS) is 1. The van der Waals surface area contributed by atoms with E-state index >= 15 is 0 Å². The van der Waals surface area contributed by atoms with Gasteiger partial charge in [0, 0.05) is 13.7 Å². The summed E-state index contributed by atoms with van der Waals surface area (Å²) in [4.78, 5) is 11.4. The molecule has 0 saturated heterocycles. The molecule has 6 nitrogen and oxygen atoms in total. The summed E-state index contributed by atoms with van der Waals surface area (Å²) < 4.78 is 4.91. The number of methoxy groups -OCH3 is 1. The second kappa shape index (κ2) is 6.90. The molecule has 0 aromatic carbocycles. The lowest BCUT2D eigenvalue weighted by molar-refractivity contribution is 0.0696. The molecule has 2 N–H and O–H groups in total. The van der Waals surface area contributed by atoms with Crippen LogP contribution >= 0.6 is 0 Å². The van der Waals surface area contributed by atoms with Crippen molar-refractivity contribution in [2.24, 2.45) is 0 Å². The number of ether oxygens (including phenoxy) is 1. The number of aromatic carboxylic acids is 1. The monoisotopic (exact) mass is 253 g/mol. The summed E-state index contributed by atoms with van der Waals surface area (Å²) in [6, 6.07) is 0. The van der Waals surface area contributed by atoms with Crippen LogP contribution in [0.2, 0.25) is 0 Å². The maximum absolute atomic E-state index is 11.4. The van der Waals surface area contributed by atoms with E-state index in [0.717, 1.165) is 11.3 Å². The predicted molar refractivity (Wildman–Crippen MR) is 68.1 cm³/mol. The van der Waals surface area contributed by atoms with Crippen molar-refractivity contribution in [3.05, 3.63) is 16.8 Å². The zero-order valence-corrected chi connectivity index (χ0v) is 11.0. The molecule has 1 aromatic rings. The minimum Gasteiger partial charge on any atom is -0.478 e. The van der Waals surface area contributed by atoms with Crippen LogP contribution in [0.15, 0.2) is 0 Å². The van der Waals surface area contributed by atoms with Crippen LogP contribution in [0.5, 0.6) is 0 Å². The van der Waals surface area contributed by atoms with E-state index in [9.17, 15) is 9.90 Å². The van der Waals surface area contributed by atoms with E-state index < -0.39 is 5.97 Å². The van der Waals surface area contributed by atoms with Crippen molar-refractivity contribution in [2.45, 2.75) is 26.7 Å². The highest BCUT2D eigenvalue weighted by atomic mass is 16.5. The Balaban J connectivity index is 3.13. The van der Waals surface area contributed by atoms with Crippen LogP contribution in [-0.2, 0) is 17.6 Å². The Kier molecular flexibility index (Phi) is 5.51. The van der Waals surface area contributed by atoms with Crippen LogP contribution in [0.3, 0.4) is 0 Å². The first-order valence-electron chi connectivity index (χ1n) is 6.00. The second-order valence-electron chi connectivity index (χ2n) is 3.78. The molecule has 0 aliphatic carbocycles. The van der Waals surface area contributed by atoms with Gasteiger partial charge in [-0.05, 0) is 18.4 Å². The van der Waals surface area contributed by atoms with Gasteiger partial charge in [-0.2, -0.15) is 5.10 Å². The Labute approximate surface area is 106 Å². The van der Waals surface area contributed by atoms with Gasteiger partial charge in [0.25, 0.3) is 0 Å². The molecule has 0 radical (unpaired) electrons. The first kappa shape index (κ1) is 14.4. The summed E-state index contributed by atoms with van der Waals surface area (Å²) in [5.41, 5.74) is 1.72. The number of rotatable bonds is 7. The molecule has 0 spiro atoms. The quantitative estimate of drug-likeness (QED) is 0.714. The highest BCUT2D eigenvalue weighted by Gasteiger charge is 2.19. The number of aryl methyl sites for hydroxylation is 1. The highest BCUT2D eigenvalue weighted by molar-refractivity contribution is 5.95. The summed E-state index contributed by atoms with van der Waals surface area (Å²) in [5, 5.41) is 20.3. The third-order valence-corrected chi connectivity index (χ3v) is 2.66. The van der Waals surface area contributed by atoms with Gasteiger partial charge in [0.2, 0.25) is 0 Å². The minimum atomic E-state index is -0.976. The Morgan fingerprint density at radius 1 is 1.33 bits per heavy atom. The van der Waals surface area contributed by atoms with Gasteiger partial charge >= 0.3 is 5.97 Å². The lowest BCUT2D eigenvalue weighted by Crippen LogP contribution is -2.17. The van der Waals surface area contributed by atoms with Crippen molar-refractivity contribution in [3.63, 3.8) is 0 Å². The van der Waals surface area contributed by atoms with Gasteiger partial charge in [0.15, 0.2) is 5.82 Å². The molecule has 6 heteroatoms. The summed E-state index contributed by atoms with van der Waals surface area (Å²) in [5.74, 6) is -0.662. The minimum absolute atomic E-state index is 0.223. The number of nitrogens with one attached hydrogen (secondary N) is 1. The fraction of sp³-hybridized carbons (Fsp3) is 0.583. The molecule has 1 rings (SSSR count). The fourth-order valence-corrected chi connectivity index (χ4v) is 1.80. The van der Waals surface area contributed by atoms with Crippen LogP contribution in [0.1, 0.15) is 35.5 Å². The van der Waals surface area contributed by atoms with Gasteiger partial charge in [-0.1, -0.05) is 13.8 Å². The maximum Gasteiger partial charge on any atom is 0.339 e. The number of hydrogen-bond acceptors (Lipinski definition) is 5. The number of anilines is 1. The topological polar surface area (TPSA) is 84.3 Å². The van der Waals surface area contributed by atoms with Gasteiger partial charge < -0.3 is 15.2 Å². The number of aromatic nitrogens is 2. The standard InChI is InChI=1S/C12H19N3O3/c1-4-8-9(5-2)14-15-11(10(8)12(16)17)13-6-7-18-3/h4-7H2,1-3H3,(H,13,15)(H,16,17). The van der Waals surface area contributed by atoms with Crippen LogP contribution in [-0.4, -0.2) is 41.5 Å². The third kappa shape index (κ3) is 3.16. The van der Waals surface area contributed by atoms with E-state index in [4.69, 9.17) is 4.74 Å². The normalized spacial score (nSPS) is 10.4. The van der Waals surface area contributed by atoms with E-state index in [1.807, 2.05) is 13.8 Å². The molecule has 0 aliphatic rings. The smallest absolute Gasteiger partial charge is 0.339 e. The number of carbonyl (C=O) groups is 1. The number of carboxylic acids is 1. The average Bonchev–Trinajstić information content (AvgIpc) is 2.37. The second-order valence-corrected chi connectivity index (χ2v) is 3.78. The first-order chi connectivity index (χ1) is 8.65. The number of hydrogen-bond donors (Lipinski definition) is 2. The molecule has 0 bridgehead atoms. The molecule has 100 valence electrons. The summed E-state index contributed by atoms with van der Waals surface area (Å²) in [6.45, 7) is 4.84. The highest BCUT2D eigenvalue weighted by Crippen LogP contribution is 2.20. The van der Waals surface area contributed by atoms with E-state index in [2.05, 4.69) is 15.5 Å². The van der Waals surface area contributed by atoms with Crippen LogP contribution in [0.4, 0.5) is 5.82 Å². The molecule has 0 fully saturated rings. The SMILES string of the molecule is CCc1nnc(NCCOC)c(C(=O)O)c1CC. The Hall–Kier alpha value is -1.69. The van der Waals surface area contributed by atoms with Gasteiger partial charge in [-0.3, -0.25) is 0 Å². The number of nitrogens with zero attached hydrogens (tertiary/aromatic N) is 2. The first-order valence-corrected chi connectivity index (χ1v) is 6.00. The van der Waals surface area contributed by atoms with Crippen LogP contribution < -0.4 is 5.32 Å². The molecule has 0 atom stereocenters. The van der Waals surface area contributed by atoms with Gasteiger partial charge in [-0.25, -0.2) is 4.79 Å². The molecule has 0 aliphatic heterocycles. The zero-order chi connectivity index (χ0) is 13.5.